The summed E-state index contributed by atoms with van der Waals surface area (Å²) in [5, 5.41) is 10.9. The second-order valence-corrected chi connectivity index (χ2v) is 7.99. The van der Waals surface area contributed by atoms with Gasteiger partial charge in [0.2, 0.25) is 10.0 Å². The minimum atomic E-state index is -3.99. The first-order chi connectivity index (χ1) is 13.2. The van der Waals surface area contributed by atoms with Crippen LogP contribution >= 0.6 is 0 Å². The number of halogens is 2. The van der Waals surface area contributed by atoms with Crippen LogP contribution in [0.15, 0.2) is 47.4 Å². The van der Waals surface area contributed by atoms with Crippen LogP contribution in [0.5, 0.6) is 0 Å². The summed E-state index contributed by atoms with van der Waals surface area (Å²) in [6.45, 7) is -0.201. The Morgan fingerprint density at radius 3 is 2.32 bits per heavy atom. The van der Waals surface area contributed by atoms with E-state index >= 15 is 0 Å². The van der Waals surface area contributed by atoms with E-state index in [0.29, 0.717) is 0 Å². The van der Waals surface area contributed by atoms with Crippen LogP contribution in [0.3, 0.4) is 0 Å². The Hall–Kier alpha value is -2.92. The fraction of sp³-hybridized carbons (Fsp3) is 0.235. The second-order valence-electron chi connectivity index (χ2n) is 6.05. The van der Waals surface area contributed by atoms with Gasteiger partial charge >= 0.3 is 0 Å². The van der Waals surface area contributed by atoms with E-state index in [1.165, 1.54) is 29.2 Å². The van der Waals surface area contributed by atoms with Crippen LogP contribution in [0.2, 0.25) is 0 Å². The van der Waals surface area contributed by atoms with Gasteiger partial charge in [0.05, 0.1) is 15.4 Å². The van der Waals surface area contributed by atoms with E-state index in [1.807, 2.05) is 0 Å². The lowest BCUT2D eigenvalue weighted by molar-refractivity contribution is -0.385. The number of amides is 1. The Labute approximate surface area is 159 Å². The SMILES string of the molecule is O=C(c1cccc(F)c1F)N1CCN(S(=O)(=O)c2cccc([N+](=O)[O-])c2)CC1. The van der Waals surface area contributed by atoms with Crippen molar-refractivity contribution in [1.29, 1.82) is 0 Å². The lowest BCUT2D eigenvalue weighted by Crippen LogP contribution is -2.50. The molecule has 1 aliphatic rings. The number of hydrogen-bond acceptors (Lipinski definition) is 5. The monoisotopic (exact) mass is 411 g/mol. The average molecular weight is 411 g/mol. The Balaban J connectivity index is 1.74. The molecule has 1 fully saturated rings. The Morgan fingerprint density at radius 1 is 1.04 bits per heavy atom. The van der Waals surface area contributed by atoms with Crippen molar-refractivity contribution in [2.75, 3.05) is 26.2 Å². The molecule has 0 atom stereocenters. The molecule has 3 rings (SSSR count). The lowest BCUT2D eigenvalue weighted by Gasteiger charge is -2.34. The third-order valence-corrected chi connectivity index (χ3v) is 6.27. The highest BCUT2D eigenvalue weighted by molar-refractivity contribution is 7.89. The van der Waals surface area contributed by atoms with Gasteiger partial charge in [-0.1, -0.05) is 12.1 Å². The molecule has 2 aromatic carbocycles. The van der Waals surface area contributed by atoms with Gasteiger partial charge in [-0.3, -0.25) is 14.9 Å². The zero-order chi connectivity index (χ0) is 20.5. The van der Waals surface area contributed by atoms with Crippen molar-refractivity contribution in [1.82, 2.24) is 9.21 Å². The lowest BCUT2D eigenvalue weighted by atomic mass is 10.1. The van der Waals surface area contributed by atoms with Gasteiger partial charge in [-0.2, -0.15) is 4.31 Å². The first-order valence-electron chi connectivity index (χ1n) is 8.19. The summed E-state index contributed by atoms with van der Waals surface area (Å²) in [7, 11) is -3.99. The van der Waals surface area contributed by atoms with Crippen molar-refractivity contribution in [3.8, 4) is 0 Å². The molecule has 1 heterocycles. The van der Waals surface area contributed by atoms with Gasteiger partial charge in [0, 0.05) is 38.3 Å². The quantitative estimate of drug-likeness (QED) is 0.566. The number of non-ortho nitro benzene ring substituents is 1. The number of sulfonamides is 1. The molecular formula is C17H15F2N3O5S. The third-order valence-electron chi connectivity index (χ3n) is 4.37. The van der Waals surface area contributed by atoms with Gasteiger partial charge in [0.1, 0.15) is 0 Å². The first kappa shape index (κ1) is 19.8. The third kappa shape index (κ3) is 3.71. The van der Waals surface area contributed by atoms with Crippen molar-refractivity contribution < 1.29 is 26.9 Å². The molecule has 1 aliphatic heterocycles. The minimum Gasteiger partial charge on any atom is -0.336 e. The van der Waals surface area contributed by atoms with Crippen LogP contribution in [-0.4, -0.2) is 54.6 Å². The summed E-state index contributed by atoms with van der Waals surface area (Å²) in [4.78, 5) is 23.6. The van der Waals surface area contributed by atoms with Gasteiger partial charge in [-0.05, 0) is 18.2 Å². The van der Waals surface area contributed by atoms with E-state index in [9.17, 15) is 32.1 Å². The number of benzene rings is 2. The van der Waals surface area contributed by atoms with Gasteiger partial charge in [0.25, 0.3) is 11.6 Å². The van der Waals surface area contributed by atoms with E-state index in [4.69, 9.17) is 0 Å². The maximum Gasteiger partial charge on any atom is 0.270 e. The maximum atomic E-state index is 13.8. The topological polar surface area (TPSA) is 101 Å². The number of nitro benzene ring substituents is 1. The summed E-state index contributed by atoms with van der Waals surface area (Å²) in [5.41, 5.74) is -0.772. The molecule has 0 spiro atoms. The Bertz CT molecular complexity index is 1040. The number of carbonyl (C=O) groups excluding carboxylic acids is 1. The summed E-state index contributed by atoms with van der Waals surface area (Å²) in [6, 6.07) is 7.95. The second kappa shape index (κ2) is 7.60. The summed E-state index contributed by atoms with van der Waals surface area (Å²) < 4.78 is 53.6. The van der Waals surface area contributed by atoms with Gasteiger partial charge < -0.3 is 4.90 Å². The number of piperazine rings is 1. The van der Waals surface area contributed by atoms with E-state index < -0.39 is 38.1 Å². The van der Waals surface area contributed by atoms with Crippen LogP contribution in [0.4, 0.5) is 14.5 Å². The van der Waals surface area contributed by atoms with E-state index in [2.05, 4.69) is 0 Å². The highest BCUT2D eigenvalue weighted by Crippen LogP contribution is 2.23. The Morgan fingerprint density at radius 2 is 1.68 bits per heavy atom. The van der Waals surface area contributed by atoms with Crippen LogP contribution in [-0.2, 0) is 10.0 Å². The van der Waals surface area contributed by atoms with E-state index in [1.54, 1.807) is 0 Å². The molecule has 1 amide bonds. The minimum absolute atomic E-state index is 0.0249. The summed E-state index contributed by atoms with van der Waals surface area (Å²) >= 11 is 0. The largest absolute Gasteiger partial charge is 0.336 e. The molecule has 2 aromatic rings. The van der Waals surface area contributed by atoms with Crippen LogP contribution < -0.4 is 0 Å². The predicted molar refractivity (Wildman–Crippen MR) is 94.1 cm³/mol. The van der Waals surface area contributed by atoms with Gasteiger partial charge in [0.15, 0.2) is 11.6 Å². The zero-order valence-electron chi connectivity index (χ0n) is 14.4. The fourth-order valence-electron chi connectivity index (χ4n) is 2.88. The molecule has 0 radical (unpaired) electrons. The standard InChI is InChI=1S/C17H15F2N3O5S/c18-15-6-2-5-14(16(15)19)17(23)20-7-9-21(10-8-20)28(26,27)13-4-1-3-12(11-13)22(24)25/h1-6,11H,7-10H2. The molecule has 148 valence electrons. The molecule has 11 heteroatoms. The summed E-state index contributed by atoms with van der Waals surface area (Å²) in [5.74, 6) is -3.12. The Kier molecular flexibility index (Phi) is 5.38. The molecule has 28 heavy (non-hydrogen) atoms. The molecule has 0 aliphatic carbocycles. The molecule has 0 saturated carbocycles. The average Bonchev–Trinajstić information content (AvgIpc) is 2.69. The van der Waals surface area contributed by atoms with Crippen molar-refractivity contribution in [2.24, 2.45) is 0 Å². The molecule has 1 saturated heterocycles. The summed E-state index contributed by atoms with van der Waals surface area (Å²) in [6.07, 6.45) is 0. The van der Waals surface area contributed by atoms with Crippen LogP contribution in [0, 0.1) is 21.7 Å². The van der Waals surface area contributed by atoms with E-state index in [-0.39, 0.29) is 36.8 Å². The molecule has 8 nitrogen and oxygen atoms in total. The fourth-order valence-corrected chi connectivity index (χ4v) is 4.34. The number of nitro groups is 1. The number of rotatable bonds is 4. The van der Waals surface area contributed by atoms with E-state index in [0.717, 1.165) is 22.5 Å². The molecule has 0 bridgehead atoms. The van der Waals surface area contributed by atoms with Crippen molar-refractivity contribution >= 4 is 21.6 Å². The van der Waals surface area contributed by atoms with Crippen molar-refractivity contribution in [2.45, 2.75) is 4.90 Å². The predicted octanol–water partition coefficient (Wildman–Crippen LogP) is 2.02. The van der Waals surface area contributed by atoms with Crippen molar-refractivity contribution in [3.05, 3.63) is 69.8 Å². The molecule has 0 aromatic heterocycles. The first-order valence-corrected chi connectivity index (χ1v) is 9.63. The normalized spacial score (nSPS) is 15.4. The smallest absolute Gasteiger partial charge is 0.270 e. The molecular weight excluding hydrogens is 396 g/mol. The van der Waals surface area contributed by atoms with Crippen molar-refractivity contribution in [3.63, 3.8) is 0 Å². The van der Waals surface area contributed by atoms with Crippen LogP contribution in [0.25, 0.3) is 0 Å². The zero-order valence-corrected chi connectivity index (χ0v) is 15.2. The maximum absolute atomic E-state index is 13.8. The highest BCUT2D eigenvalue weighted by Gasteiger charge is 2.32. The number of carbonyl (C=O) groups is 1. The molecule has 0 unspecified atom stereocenters. The highest BCUT2D eigenvalue weighted by atomic mass is 32.2. The number of nitrogens with zero attached hydrogens (tertiary/aromatic N) is 3. The van der Waals surface area contributed by atoms with Gasteiger partial charge in [-0.25, -0.2) is 17.2 Å². The van der Waals surface area contributed by atoms with Gasteiger partial charge in [-0.15, -0.1) is 0 Å². The van der Waals surface area contributed by atoms with Crippen LogP contribution in [0.1, 0.15) is 10.4 Å². The number of hydrogen-bond donors (Lipinski definition) is 0. The molecule has 0 N–H and O–H groups in total.